The van der Waals surface area contributed by atoms with Crippen LogP contribution in [0.2, 0.25) is 10.2 Å². The van der Waals surface area contributed by atoms with E-state index in [1.54, 1.807) is 30.3 Å². The van der Waals surface area contributed by atoms with Crippen molar-refractivity contribution < 1.29 is 0 Å². The minimum Gasteiger partial charge on any atom is -0.384 e. The van der Waals surface area contributed by atoms with Gasteiger partial charge in [0.2, 0.25) is 0 Å². The molecule has 2 N–H and O–H groups in total. The Labute approximate surface area is 125 Å². The molecule has 3 rings (SSSR count). The van der Waals surface area contributed by atoms with E-state index in [0.717, 1.165) is 11.3 Å². The Kier molecular flexibility index (Phi) is 3.30. The van der Waals surface area contributed by atoms with Crippen LogP contribution in [0.1, 0.15) is 0 Å². The maximum Gasteiger partial charge on any atom is 0.178 e. The van der Waals surface area contributed by atoms with Crippen molar-refractivity contribution in [2.75, 3.05) is 5.73 Å². The van der Waals surface area contributed by atoms with Crippen molar-refractivity contribution in [2.24, 2.45) is 0 Å². The third-order valence-electron chi connectivity index (χ3n) is 2.71. The Bertz CT molecular complexity index is 734. The van der Waals surface area contributed by atoms with Crippen LogP contribution >= 0.6 is 23.2 Å². The first kappa shape index (κ1) is 12.9. The van der Waals surface area contributed by atoms with Gasteiger partial charge in [0.1, 0.15) is 5.82 Å². The lowest BCUT2D eigenvalue weighted by Crippen LogP contribution is -2.04. The summed E-state index contributed by atoms with van der Waals surface area (Å²) in [5.74, 6) is 0.971. The van der Waals surface area contributed by atoms with Crippen molar-refractivity contribution in [2.45, 2.75) is 0 Å². The maximum absolute atomic E-state index is 5.95. The number of hydrogen-bond acceptors (Lipinski definition) is 4. The number of aromatic nitrogens is 4. The Morgan fingerprint density at radius 2 is 1.70 bits per heavy atom. The average molecular weight is 306 g/mol. The monoisotopic (exact) mass is 305 g/mol. The van der Waals surface area contributed by atoms with Crippen LogP contribution in [0, 0.1) is 0 Å². The van der Waals surface area contributed by atoms with Crippen LogP contribution in [-0.2, 0) is 0 Å². The molecule has 100 valence electrons. The molecule has 20 heavy (non-hydrogen) atoms. The minimum absolute atomic E-state index is 0.317. The normalized spacial score (nSPS) is 10.7. The van der Waals surface area contributed by atoms with E-state index in [1.165, 1.54) is 4.68 Å². The van der Waals surface area contributed by atoms with Crippen molar-refractivity contribution in [3.63, 3.8) is 0 Å². The highest BCUT2D eigenvalue weighted by atomic mass is 35.5. The molecule has 7 heteroatoms. The van der Waals surface area contributed by atoms with Crippen LogP contribution < -0.4 is 5.73 Å². The topological polar surface area (TPSA) is 69.6 Å². The Hall–Kier alpha value is -2.11. The van der Waals surface area contributed by atoms with Crippen LogP contribution in [0.4, 0.5) is 5.82 Å². The molecule has 0 radical (unpaired) electrons. The molecule has 2 heterocycles. The Morgan fingerprint density at radius 1 is 0.950 bits per heavy atom. The van der Waals surface area contributed by atoms with Crippen molar-refractivity contribution in [3.8, 4) is 17.1 Å². The standard InChI is InChI=1S/C13H9Cl2N5/c14-9-3-1-8(2-4-9)10-7-12(16)20(19-10)13-6-5-11(15)17-18-13/h1-7H,16H2. The third kappa shape index (κ3) is 2.45. The highest BCUT2D eigenvalue weighted by molar-refractivity contribution is 6.30. The molecule has 0 aliphatic rings. The molecule has 1 aromatic carbocycles. The van der Waals surface area contributed by atoms with E-state index < -0.39 is 0 Å². The van der Waals surface area contributed by atoms with Crippen molar-refractivity contribution >= 4 is 29.0 Å². The predicted molar refractivity (Wildman–Crippen MR) is 79.0 cm³/mol. The summed E-state index contributed by atoms with van der Waals surface area (Å²) in [7, 11) is 0. The lowest BCUT2D eigenvalue weighted by atomic mass is 10.1. The fourth-order valence-corrected chi connectivity index (χ4v) is 1.99. The molecular weight excluding hydrogens is 297 g/mol. The van der Waals surface area contributed by atoms with Crippen LogP contribution in [0.3, 0.4) is 0 Å². The smallest absolute Gasteiger partial charge is 0.178 e. The average Bonchev–Trinajstić information content (AvgIpc) is 2.82. The van der Waals surface area contributed by atoms with Gasteiger partial charge in [0, 0.05) is 16.7 Å². The van der Waals surface area contributed by atoms with Crippen LogP contribution in [0.25, 0.3) is 17.1 Å². The van der Waals surface area contributed by atoms with E-state index in [-0.39, 0.29) is 0 Å². The fourth-order valence-electron chi connectivity index (χ4n) is 1.76. The molecule has 0 aliphatic heterocycles. The van der Waals surface area contributed by atoms with Crippen molar-refractivity contribution in [1.29, 1.82) is 0 Å². The molecule has 0 aliphatic carbocycles. The van der Waals surface area contributed by atoms with E-state index in [4.69, 9.17) is 28.9 Å². The number of nitrogens with zero attached hydrogens (tertiary/aromatic N) is 4. The minimum atomic E-state index is 0.317. The van der Waals surface area contributed by atoms with Gasteiger partial charge in [-0.25, -0.2) is 0 Å². The molecule has 0 unspecified atom stereocenters. The highest BCUT2D eigenvalue weighted by Gasteiger charge is 2.10. The molecule has 0 amide bonds. The molecule has 0 fully saturated rings. The summed E-state index contributed by atoms with van der Waals surface area (Å²) in [6.45, 7) is 0. The lowest BCUT2D eigenvalue weighted by molar-refractivity contribution is 0.825. The zero-order valence-corrected chi connectivity index (χ0v) is 11.7. The molecule has 0 saturated carbocycles. The van der Waals surface area contributed by atoms with Gasteiger partial charge in [0.25, 0.3) is 0 Å². The molecular formula is C13H9Cl2N5. The van der Waals surface area contributed by atoms with E-state index >= 15 is 0 Å². The van der Waals surface area contributed by atoms with Crippen LogP contribution in [0.15, 0.2) is 42.5 Å². The van der Waals surface area contributed by atoms with E-state index in [1.807, 2.05) is 12.1 Å². The quantitative estimate of drug-likeness (QED) is 0.789. The fraction of sp³-hybridized carbons (Fsp3) is 0. The van der Waals surface area contributed by atoms with E-state index in [9.17, 15) is 0 Å². The summed E-state index contributed by atoms with van der Waals surface area (Å²) in [4.78, 5) is 0. The second-order valence-electron chi connectivity index (χ2n) is 4.09. The zero-order chi connectivity index (χ0) is 14.1. The summed E-state index contributed by atoms with van der Waals surface area (Å²) in [5, 5.41) is 13.1. The van der Waals surface area contributed by atoms with Crippen molar-refractivity contribution in [3.05, 3.63) is 52.6 Å². The number of nitrogen functional groups attached to an aromatic ring is 1. The van der Waals surface area contributed by atoms with Gasteiger partial charge in [0.05, 0.1) is 5.69 Å². The molecule has 5 nitrogen and oxygen atoms in total. The first-order chi connectivity index (χ1) is 9.63. The summed E-state index contributed by atoms with van der Waals surface area (Å²) in [6.07, 6.45) is 0. The molecule has 0 spiro atoms. The van der Waals surface area contributed by atoms with E-state index in [2.05, 4.69) is 15.3 Å². The van der Waals surface area contributed by atoms with Gasteiger partial charge in [-0.2, -0.15) is 9.78 Å². The number of anilines is 1. The number of hydrogen-bond donors (Lipinski definition) is 1. The van der Waals surface area contributed by atoms with Gasteiger partial charge in [0.15, 0.2) is 11.0 Å². The van der Waals surface area contributed by atoms with Gasteiger partial charge < -0.3 is 5.73 Å². The molecule has 3 aromatic rings. The van der Waals surface area contributed by atoms with Crippen molar-refractivity contribution in [1.82, 2.24) is 20.0 Å². The third-order valence-corrected chi connectivity index (χ3v) is 3.17. The highest BCUT2D eigenvalue weighted by Crippen LogP contribution is 2.23. The van der Waals surface area contributed by atoms with Gasteiger partial charge in [-0.15, -0.1) is 10.2 Å². The maximum atomic E-state index is 5.95. The van der Waals surface area contributed by atoms with Gasteiger partial charge >= 0.3 is 0 Å². The zero-order valence-electron chi connectivity index (χ0n) is 10.2. The van der Waals surface area contributed by atoms with Gasteiger partial charge in [-0.05, 0) is 24.3 Å². The number of nitrogens with two attached hydrogens (primary N) is 1. The lowest BCUT2D eigenvalue weighted by Gasteiger charge is -2.01. The Balaban J connectivity index is 2.02. The molecule has 2 aromatic heterocycles. The first-order valence-electron chi connectivity index (χ1n) is 5.74. The van der Waals surface area contributed by atoms with Crippen LogP contribution in [-0.4, -0.2) is 20.0 Å². The summed E-state index contributed by atoms with van der Waals surface area (Å²) >= 11 is 11.6. The summed E-state index contributed by atoms with van der Waals surface area (Å²) in [5.41, 5.74) is 7.60. The van der Waals surface area contributed by atoms with Gasteiger partial charge in [-0.1, -0.05) is 35.3 Å². The van der Waals surface area contributed by atoms with Crippen LogP contribution in [0.5, 0.6) is 0 Å². The molecule has 0 atom stereocenters. The number of rotatable bonds is 2. The summed E-state index contributed by atoms with van der Waals surface area (Å²) < 4.78 is 1.51. The largest absolute Gasteiger partial charge is 0.384 e. The number of halogens is 2. The molecule has 0 saturated heterocycles. The second kappa shape index (κ2) is 5.11. The predicted octanol–water partition coefficient (Wildman–Crippen LogP) is 3.22. The summed E-state index contributed by atoms with van der Waals surface area (Å²) in [6, 6.07) is 12.4. The second-order valence-corrected chi connectivity index (χ2v) is 4.91. The SMILES string of the molecule is Nc1cc(-c2ccc(Cl)cc2)nn1-c1ccc(Cl)nn1. The first-order valence-corrected chi connectivity index (χ1v) is 6.50. The Morgan fingerprint density at radius 3 is 2.35 bits per heavy atom. The van der Waals surface area contributed by atoms with Gasteiger partial charge in [-0.3, -0.25) is 0 Å². The number of benzene rings is 1. The van der Waals surface area contributed by atoms with E-state index in [0.29, 0.717) is 21.8 Å². The molecule has 0 bridgehead atoms.